The third-order valence-corrected chi connectivity index (χ3v) is 10.2. The Morgan fingerprint density at radius 3 is 0.842 bits per heavy atom. The van der Waals surface area contributed by atoms with Gasteiger partial charge in [0.2, 0.25) is 17.7 Å². The van der Waals surface area contributed by atoms with Gasteiger partial charge in [-0.1, -0.05) is 71.6 Å². The number of hydrogen-bond donors (Lipinski definition) is 0. The quantitative estimate of drug-likeness (QED) is 0.397. The van der Waals surface area contributed by atoms with Crippen molar-refractivity contribution in [1.82, 2.24) is 14.7 Å². The molecule has 4 aliphatic carbocycles. The van der Waals surface area contributed by atoms with E-state index in [4.69, 9.17) is 0 Å². The molecule has 4 saturated carbocycles. The third-order valence-electron chi connectivity index (χ3n) is 10.2. The second-order valence-electron chi connectivity index (χ2n) is 12.5. The van der Waals surface area contributed by atoms with Crippen molar-refractivity contribution in [1.29, 1.82) is 0 Å². The lowest BCUT2D eigenvalue weighted by atomic mass is 9.73. The average molecular weight is 532 g/mol. The Morgan fingerprint density at radius 1 is 0.421 bits per heavy atom. The van der Waals surface area contributed by atoms with Crippen LogP contribution in [0.2, 0.25) is 0 Å². The first kappa shape index (κ1) is 30.9. The van der Waals surface area contributed by atoms with Gasteiger partial charge in [-0.05, 0) is 57.8 Å². The minimum atomic E-state index is -0.229. The molecular weight excluding hydrogens is 474 g/mol. The standard InChI is InChI=1S/C30H51N3O3.C2H6/c1-31(25-13-7-4-8-14-25)28(34)22-19-23(29(35)32(2)26-15-9-5-10-16-26)21-24(20-22)30(36)33(3)27-17-11-6-12-18-27;1-2/h22-27H,4-21H2,1-3H3;1-2H3. The number of nitrogens with zero attached hydrogens (tertiary/aromatic N) is 3. The van der Waals surface area contributed by atoms with E-state index in [0.29, 0.717) is 37.4 Å². The van der Waals surface area contributed by atoms with E-state index in [0.717, 1.165) is 38.5 Å². The van der Waals surface area contributed by atoms with E-state index < -0.39 is 0 Å². The predicted octanol–water partition coefficient (Wildman–Crippen LogP) is 6.42. The van der Waals surface area contributed by atoms with Crippen molar-refractivity contribution in [2.75, 3.05) is 21.1 Å². The molecule has 0 heterocycles. The van der Waals surface area contributed by atoms with Gasteiger partial charge in [0, 0.05) is 57.0 Å². The maximum Gasteiger partial charge on any atom is 0.225 e. The third kappa shape index (κ3) is 7.75. The highest BCUT2D eigenvalue weighted by Crippen LogP contribution is 2.39. The van der Waals surface area contributed by atoms with Crippen LogP contribution in [0.5, 0.6) is 0 Å². The van der Waals surface area contributed by atoms with Crippen LogP contribution in [0.3, 0.4) is 0 Å². The van der Waals surface area contributed by atoms with Crippen LogP contribution in [-0.4, -0.2) is 71.7 Å². The zero-order valence-electron chi connectivity index (χ0n) is 25.3. The largest absolute Gasteiger partial charge is 0.343 e. The first-order valence-corrected chi connectivity index (χ1v) is 16.2. The molecule has 3 amide bonds. The van der Waals surface area contributed by atoms with Crippen LogP contribution in [0.4, 0.5) is 0 Å². The van der Waals surface area contributed by atoms with Crippen LogP contribution in [0.25, 0.3) is 0 Å². The number of hydrogen-bond acceptors (Lipinski definition) is 3. The molecule has 0 aromatic rings. The van der Waals surface area contributed by atoms with Gasteiger partial charge in [0.05, 0.1) is 0 Å². The average Bonchev–Trinajstić information content (AvgIpc) is 3.00. The molecule has 0 unspecified atom stereocenters. The van der Waals surface area contributed by atoms with E-state index >= 15 is 0 Å². The molecule has 0 aliphatic heterocycles. The maximum atomic E-state index is 13.8. The Bertz CT molecular complexity index is 647. The summed E-state index contributed by atoms with van der Waals surface area (Å²) in [7, 11) is 5.88. The SMILES string of the molecule is CC.CN(C(=O)C1CC(C(=O)N(C)C2CCCCC2)CC(C(=O)N(C)C2CCCCC2)C1)C1CCCCC1. The molecule has 4 rings (SSSR count). The van der Waals surface area contributed by atoms with Crippen LogP contribution >= 0.6 is 0 Å². The van der Waals surface area contributed by atoms with E-state index in [9.17, 15) is 14.4 Å². The van der Waals surface area contributed by atoms with Crippen LogP contribution in [0, 0.1) is 17.8 Å². The molecule has 0 atom stereocenters. The summed E-state index contributed by atoms with van der Waals surface area (Å²) in [6.45, 7) is 4.00. The van der Waals surface area contributed by atoms with E-state index in [-0.39, 0.29) is 35.5 Å². The molecule has 6 heteroatoms. The number of carbonyl (C=O) groups is 3. The van der Waals surface area contributed by atoms with Gasteiger partial charge in [-0.25, -0.2) is 0 Å². The monoisotopic (exact) mass is 531 g/mol. The molecule has 4 fully saturated rings. The molecule has 6 nitrogen and oxygen atoms in total. The molecule has 0 aromatic carbocycles. The molecule has 0 saturated heterocycles. The smallest absolute Gasteiger partial charge is 0.225 e. The molecule has 0 N–H and O–H groups in total. The molecule has 0 aromatic heterocycles. The van der Waals surface area contributed by atoms with Gasteiger partial charge in [-0.3, -0.25) is 14.4 Å². The van der Waals surface area contributed by atoms with Crippen molar-refractivity contribution < 1.29 is 14.4 Å². The predicted molar refractivity (Wildman–Crippen MR) is 155 cm³/mol. The molecule has 38 heavy (non-hydrogen) atoms. The van der Waals surface area contributed by atoms with Gasteiger partial charge in [0.25, 0.3) is 0 Å². The van der Waals surface area contributed by atoms with Crippen molar-refractivity contribution in [3.63, 3.8) is 0 Å². The lowest BCUT2D eigenvalue weighted by molar-refractivity contribution is -0.148. The fourth-order valence-electron chi connectivity index (χ4n) is 7.73. The van der Waals surface area contributed by atoms with Gasteiger partial charge in [0.1, 0.15) is 0 Å². The first-order chi connectivity index (χ1) is 18.4. The van der Waals surface area contributed by atoms with Gasteiger partial charge >= 0.3 is 0 Å². The van der Waals surface area contributed by atoms with Gasteiger partial charge in [-0.15, -0.1) is 0 Å². The van der Waals surface area contributed by atoms with Crippen LogP contribution < -0.4 is 0 Å². The highest BCUT2D eigenvalue weighted by atomic mass is 16.2. The maximum absolute atomic E-state index is 13.8. The summed E-state index contributed by atoms with van der Waals surface area (Å²) >= 11 is 0. The number of rotatable bonds is 6. The van der Waals surface area contributed by atoms with Crippen molar-refractivity contribution in [2.24, 2.45) is 17.8 Å². The summed E-state index contributed by atoms with van der Waals surface area (Å²) < 4.78 is 0. The van der Waals surface area contributed by atoms with Crippen molar-refractivity contribution >= 4 is 17.7 Å². The fourth-order valence-corrected chi connectivity index (χ4v) is 7.73. The summed E-state index contributed by atoms with van der Waals surface area (Å²) in [5.41, 5.74) is 0. The normalized spacial score (nSPS) is 27.6. The minimum Gasteiger partial charge on any atom is -0.343 e. The fraction of sp³-hybridized carbons (Fsp3) is 0.906. The zero-order chi connectivity index (χ0) is 27.7. The molecule has 4 aliphatic rings. The van der Waals surface area contributed by atoms with Crippen molar-refractivity contribution in [3.05, 3.63) is 0 Å². The topological polar surface area (TPSA) is 60.9 Å². The van der Waals surface area contributed by atoms with E-state index in [1.807, 2.05) is 49.7 Å². The van der Waals surface area contributed by atoms with Gasteiger partial charge in [-0.2, -0.15) is 0 Å². The Balaban J connectivity index is 0.00000195. The van der Waals surface area contributed by atoms with E-state index in [1.54, 1.807) is 0 Å². The Morgan fingerprint density at radius 2 is 0.632 bits per heavy atom. The lowest BCUT2D eigenvalue weighted by Crippen LogP contribution is -2.50. The Labute approximate surface area is 233 Å². The summed E-state index contributed by atoms with van der Waals surface area (Å²) in [6, 6.07) is 0.934. The van der Waals surface area contributed by atoms with Crippen LogP contribution in [0.15, 0.2) is 0 Å². The van der Waals surface area contributed by atoms with Gasteiger partial charge < -0.3 is 14.7 Å². The minimum absolute atomic E-state index is 0.165. The number of amides is 3. The van der Waals surface area contributed by atoms with E-state index in [1.165, 1.54) is 57.8 Å². The van der Waals surface area contributed by atoms with Crippen LogP contribution in [0.1, 0.15) is 129 Å². The Kier molecular flexibility index (Phi) is 12.4. The van der Waals surface area contributed by atoms with Gasteiger partial charge in [0.15, 0.2) is 0 Å². The summed E-state index contributed by atoms with van der Waals surface area (Å²) in [5.74, 6) is -0.192. The highest BCUT2D eigenvalue weighted by Gasteiger charge is 2.43. The second-order valence-corrected chi connectivity index (χ2v) is 12.5. The first-order valence-electron chi connectivity index (χ1n) is 16.2. The molecule has 0 radical (unpaired) electrons. The summed E-state index contributed by atoms with van der Waals surface area (Å²) in [6.07, 6.45) is 19.2. The molecular formula is C32H57N3O3. The lowest BCUT2D eigenvalue weighted by Gasteiger charge is -2.42. The highest BCUT2D eigenvalue weighted by molar-refractivity contribution is 5.86. The Hall–Kier alpha value is -1.59. The zero-order valence-corrected chi connectivity index (χ0v) is 25.3. The number of carbonyl (C=O) groups excluding carboxylic acids is 3. The van der Waals surface area contributed by atoms with Crippen molar-refractivity contribution in [2.45, 2.75) is 148 Å². The molecule has 218 valence electrons. The van der Waals surface area contributed by atoms with Crippen LogP contribution in [-0.2, 0) is 14.4 Å². The van der Waals surface area contributed by atoms with Crippen molar-refractivity contribution in [3.8, 4) is 0 Å². The van der Waals surface area contributed by atoms with E-state index in [2.05, 4.69) is 0 Å². The summed E-state index contributed by atoms with van der Waals surface area (Å²) in [5, 5.41) is 0. The summed E-state index contributed by atoms with van der Waals surface area (Å²) in [4.78, 5) is 47.2. The second kappa shape index (κ2) is 15.3. The molecule has 0 bridgehead atoms. The molecule has 0 spiro atoms.